The van der Waals surface area contributed by atoms with E-state index in [-0.39, 0.29) is 35.3 Å². The molecule has 4 aliphatic heterocycles. The monoisotopic (exact) mass is 671 g/mol. The summed E-state index contributed by atoms with van der Waals surface area (Å²) in [7, 11) is 0. The average molecular weight is 672 g/mol. The average Bonchev–Trinajstić information content (AvgIpc) is 3.74. The first-order valence-corrected chi connectivity index (χ1v) is 17.7. The highest BCUT2D eigenvalue weighted by atomic mass is 32.2. The molecule has 8 rings (SSSR count). The molecule has 1 aliphatic carbocycles. The summed E-state index contributed by atoms with van der Waals surface area (Å²) >= 11 is 2.57. The summed E-state index contributed by atoms with van der Waals surface area (Å²) in [5.74, 6) is 1.03. The minimum atomic E-state index is -4.65. The number of nitrogens with zero attached hydrogens (tertiary/aromatic N) is 4. The Morgan fingerprint density at radius 3 is 2.63 bits per heavy atom. The molecule has 2 saturated heterocycles. The van der Waals surface area contributed by atoms with Gasteiger partial charge in [-0.05, 0) is 67.9 Å². The van der Waals surface area contributed by atoms with Crippen molar-refractivity contribution < 1.29 is 27.4 Å². The van der Waals surface area contributed by atoms with Gasteiger partial charge in [0.05, 0.1) is 41.5 Å². The van der Waals surface area contributed by atoms with E-state index in [4.69, 9.17) is 9.47 Å². The van der Waals surface area contributed by atoms with Crippen LogP contribution < -0.4 is 5.32 Å². The highest BCUT2D eigenvalue weighted by Gasteiger charge is 2.40. The van der Waals surface area contributed by atoms with E-state index in [0.29, 0.717) is 46.1 Å². The Balaban J connectivity index is 1.08. The first kappa shape index (κ1) is 30.6. The molecule has 3 fully saturated rings. The van der Waals surface area contributed by atoms with Crippen molar-refractivity contribution >= 4 is 40.6 Å². The molecule has 1 unspecified atom stereocenters. The number of halogens is 3. The van der Waals surface area contributed by atoms with Gasteiger partial charge >= 0.3 is 6.18 Å². The number of benzene rings is 1. The van der Waals surface area contributed by atoms with Crippen LogP contribution in [0.2, 0.25) is 0 Å². The molecule has 1 atom stereocenters. The maximum absolute atomic E-state index is 14.3. The molecule has 6 heterocycles. The maximum atomic E-state index is 14.3. The number of aromatic nitrogens is 2. The van der Waals surface area contributed by atoms with Crippen molar-refractivity contribution in [1.82, 2.24) is 19.8 Å². The number of amides is 1. The third-order valence-electron chi connectivity index (χ3n) is 9.53. The molecule has 244 valence electrons. The van der Waals surface area contributed by atoms with E-state index < -0.39 is 11.7 Å². The van der Waals surface area contributed by atoms with Crippen LogP contribution in [0.25, 0.3) is 10.6 Å². The summed E-state index contributed by atoms with van der Waals surface area (Å²) in [6.45, 7) is 8.53. The second kappa shape index (κ2) is 11.5. The zero-order valence-electron chi connectivity index (χ0n) is 25.8. The number of rotatable bonds is 7. The number of ether oxygens (including phenoxy) is 2. The number of carbonyl (C=O) groups is 1. The van der Waals surface area contributed by atoms with Gasteiger partial charge in [-0.15, -0.1) is 23.1 Å². The molecule has 0 bridgehead atoms. The van der Waals surface area contributed by atoms with Gasteiger partial charge in [-0.25, -0.2) is 9.97 Å². The molecule has 2 aromatic heterocycles. The van der Waals surface area contributed by atoms with Crippen LogP contribution >= 0.6 is 23.1 Å². The zero-order chi connectivity index (χ0) is 31.8. The minimum absolute atomic E-state index is 0.00900. The van der Waals surface area contributed by atoms with Crippen LogP contribution in [0.3, 0.4) is 0 Å². The summed E-state index contributed by atoms with van der Waals surface area (Å²) in [6, 6.07) is 6.11. The molecule has 0 spiro atoms. The number of thiophene rings is 1. The first-order chi connectivity index (χ1) is 22.0. The minimum Gasteiger partial charge on any atom is -0.377 e. The van der Waals surface area contributed by atoms with E-state index in [0.717, 1.165) is 74.1 Å². The fourth-order valence-electron chi connectivity index (χ4n) is 7.01. The van der Waals surface area contributed by atoms with Crippen molar-refractivity contribution in [3.05, 3.63) is 51.5 Å². The largest absolute Gasteiger partial charge is 0.420 e. The van der Waals surface area contributed by atoms with Crippen molar-refractivity contribution in [2.45, 2.75) is 80.8 Å². The first-order valence-electron chi connectivity index (χ1n) is 15.9. The summed E-state index contributed by atoms with van der Waals surface area (Å²) in [5, 5.41) is 3.31. The van der Waals surface area contributed by atoms with Gasteiger partial charge in [0.15, 0.2) is 0 Å². The molecule has 1 amide bonds. The standard InChI is InChI=1S/C33H36F3N5O3S2/c1-32(2)12-22(44-32)15-40-6-5-19-10-25(23(18-3-4-18)9-20(19)14-40)38-31-37-13-24(33(34,35)36)28(39-31)26-11-27-29(46-26)30(42)41(7-8-45-27)21-16-43-17-21/h9-11,13,18,21-22H,3-8,12,14-17H2,1-2H3,(H,37,38,39). The normalized spacial score (nSPS) is 23.3. The highest BCUT2D eigenvalue weighted by Crippen LogP contribution is 2.47. The third-order valence-corrected chi connectivity index (χ3v) is 11.8. The van der Waals surface area contributed by atoms with Gasteiger partial charge in [-0.3, -0.25) is 9.69 Å². The van der Waals surface area contributed by atoms with Crippen LogP contribution in [0.5, 0.6) is 0 Å². The number of carbonyl (C=O) groups excluding carboxylic acids is 1. The molecule has 5 aliphatic rings. The van der Waals surface area contributed by atoms with Gasteiger partial charge in [0.2, 0.25) is 5.95 Å². The van der Waals surface area contributed by atoms with Crippen molar-refractivity contribution in [1.29, 1.82) is 0 Å². The predicted molar refractivity (Wildman–Crippen MR) is 171 cm³/mol. The molecule has 1 N–H and O–H groups in total. The molecule has 1 saturated carbocycles. The number of anilines is 2. The van der Waals surface area contributed by atoms with E-state index in [1.165, 1.54) is 22.9 Å². The molecule has 0 radical (unpaired) electrons. The van der Waals surface area contributed by atoms with Gasteiger partial charge < -0.3 is 19.7 Å². The summed E-state index contributed by atoms with van der Waals surface area (Å²) in [5.41, 5.74) is 3.41. The third kappa shape index (κ3) is 5.93. The molecule has 1 aromatic carbocycles. The second-order valence-electron chi connectivity index (χ2n) is 13.6. The molecular weight excluding hydrogens is 636 g/mol. The number of hydrogen-bond acceptors (Lipinski definition) is 9. The summed E-state index contributed by atoms with van der Waals surface area (Å²) in [6.07, 6.45) is 0.603. The number of thioether (sulfide) groups is 1. The number of hydrogen-bond donors (Lipinski definition) is 1. The molecule has 3 aromatic rings. The Morgan fingerprint density at radius 1 is 1.13 bits per heavy atom. The van der Waals surface area contributed by atoms with Crippen LogP contribution in [-0.4, -0.2) is 82.0 Å². The van der Waals surface area contributed by atoms with E-state index >= 15 is 0 Å². The van der Waals surface area contributed by atoms with Crippen molar-refractivity contribution in [2.24, 2.45) is 0 Å². The number of fused-ring (bicyclic) bond motifs is 2. The van der Waals surface area contributed by atoms with Gasteiger partial charge in [0.1, 0.15) is 10.4 Å². The molecule has 8 nitrogen and oxygen atoms in total. The number of nitrogens with one attached hydrogen (secondary N) is 1. The molecular formula is C33H36F3N5O3S2. The van der Waals surface area contributed by atoms with Crippen LogP contribution in [-0.2, 0) is 28.6 Å². The van der Waals surface area contributed by atoms with Crippen molar-refractivity contribution in [3.8, 4) is 10.6 Å². The predicted octanol–water partition coefficient (Wildman–Crippen LogP) is 6.72. The summed E-state index contributed by atoms with van der Waals surface area (Å²) < 4.78 is 54.2. The Bertz CT molecular complexity index is 1680. The highest BCUT2D eigenvalue weighted by molar-refractivity contribution is 7.99. The Labute approximate surface area is 274 Å². The van der Waals surface area contributed by atoms with Gasteiger partial charge in [0.25, 0.3) is 5.91 Å². The lowest BCUT2D eigenvalue weighted by atomic mass is 9.91. The molecule has 13 heteroatoms. The fraction of sp³-hybridized carbons (Fsp3) is 0.545. The van der Waals surface area contributed by atoms with Crippen LogP contribution in [0.15, 0.2) is 29.3 Å². The smallest absolute Gasteiger partial charge is 0.377 e. The summed E-state index contributed by atoms with van der Waals surface area (Å²) in [4.78, 5) is 27.8. The lowest BCUT2D eigenvalue weighted by Crippen LogP contribution is -2.52. The van der Waals surface area contributed by atoms with E-state index in [2.05, 4.69) is 46.2 Å². The topological polar surface area (TPSA) is 79.8 Å². The van der Waals surface area contributed by atoms with E-state index in [1.54, 1.807) is 11.0 Å². The Kier molecular flexibility index (Phi) is 7.63. The second-order valence-corrected chi connectivity index (χ2v) is 15.8. The van der Waals surface area contributed by atoms with Crippen molar-refractivity contribution in [3.63, 3.8) is 0 Å². The lowest BCUT2D eigenvalue weighted by molar-refractivity contribution is -0.191. The molecule has 46 heavy (non-hydrogen) atoms. The van der Waals surface area contributed by atoms with Crippen LogP contribution in [0.1, 0.15) is 71.0 Å². The van der Waals surface area contributed by atoms with Crippen LogP contribution in [0, 0.1) is 0 Å². The zero-order valence-corrected chi connectivity index (χ0v) is 27.4. The Hall–Kier alpha value is -2.71. The van der Waals surface area contributed by atoms with Gasteiger partial charge in [0, 0.05) is 55.1 Å². The number of alkyl halides is 3. The van der Waals surface area contributed by atoms with Gasteiger partial charge in [-0.2, -0.15) is 13.2 Å². The van der Waals surface area contributed by atoms with E-state index in [9.17, 15) is 18.0 Å². The van der Waals surface area contributed by atoms with Crippen molar-refractivity contribution in [2.75, 3.05) is 43.9 Å². The lowest BCUT2D eigenvalue weighted by Gasteiger charge is -2.45. The van der Waals surface area contributed by atoms with Crippen LogP contribution in [0.4, 0.5) is 24.8 Å². The van der Waals surface area contributed by atoms with Gasteiger partial charge in [-0.1, -0.05) is 6.07 Å². The SMILES string of the molecule is CC1(C)CC(CN2CCc3cc(Nc4ncc(C(F)(F)F)c(-c5cc6c(s5)C(=O)N(C5COC5)CCS6)n4)c(C4CC4)cc3C2)O1. The van der Waals surface area contributed by atoms with E-state index in [1.807, 2.05) is 0 Å². The quantitative estimate of drug-likeness (QED) is 0.297. The fourth-order valence-corrected chi connectivity index (χ4v) is 9.32. The maximum Gasteiger partial charge on any atom is 0.420 e. The Morgan fingerprint density at radius 2 is 1.93 bits per heavy atom.